The topological polar surface area (TPSA) is 71.1 Å². The Morgan fingerprint density at radius 1 is 1.24 bits per heavy atom. The molecule has 7 nitrogen and oxygen atoms in total. The number of likely N-dealkylation sites (N-methyl/N-ethyl adjacent to an activating group) is 1. The maximum Gasteiger partial charge on any atom is 0.265 e. The van der Waals surface area contributed by atoms with Crippen molar-refractivity contribution < 1.29 is 19.1 Å². The Morgan fingerprint density at radius 2 is 2.03 bits per heavy atom. The molecule has 2 aromatic carbocycles. The van der Waals surface area contributed by atoms with Crippen LogP contribution in [0.15, 0.2) is 48.5 Å². The molecule has 1 heterocycles. The summed E-state index contributed by atoms with van der Waals surface area (Å²) in [6.45, 7) is 0.778. The Labute approximate surface area is 171 Å². The second-order valence-electron chi connectivity index (χ2n) is 7.11. The Bertz CT molecular complexity index is 869. The van der Waals surface area contributed by atoms with E-state index in [1.54, 1.807) is 12.0 Å². The molecule has 0 radical (unpaired) electrons. The summed E-state index contributed by atoms with van der Waals surface area (Å²) in [7, 11) is 5.58. The van der Waals surface area contributed by atoms with E-state index in [1.807, 2.05) is 62.6 Å². The molecule has 29 heavy (non-hydrogen) atoms. The molecular formula is C22H27N3O4. The minimum absolute atomic E-state index is 0.00280. The van der Waals surface area contributed by atoms with E-state index >= 15 is 0 Å². The summed E-state index contributed by atoms with van der Waals surface area (Å²) in [5.41, 5.74) is 1.77. The highest BCUT2D eigenvalue weighted by atomic mass is 16.5. The van der Waals surface area contributed by atoms with Crippen LogP contribution in [-0.2, 0) is 9.59 Å². The number of hydrogen-bond acceptors (Lipinski definition) is 5. The monoisotopic (exact) mass is 397 g/mol. The van der Waals surface area contributed by atoms with Crippen LogP contribution >= 0.6 is 0 Å². The van der Waals surface area contributed by atoms with Crippen molar-refractivity contribution in [3.8, 4) is 11.5 Å². The molecule has 0 spiro atoms. The summed E-state index contributed by atoms with van der Waals surface area (Å²) < 4.78 is 10.7. The minimum atomic E-state index is -0.140. The number of para-hydroxylation sites is 2. The first-order valence-corrected chi connectivity index (χ1v) is 9.59. The van der Waals surface area contributed by atoms with Crippen molar-refractivity contribution in [3.05, 3.63) is 54.1 Å². The van der Waals surface area contributed by atoms with Gasteiger partial charge < -0.3 is 24.6 Å². The summed E-state index contributed by atoms with van der Waals surface area (Å²) in [5, 5.41) is 2.99. The summed E-state index contributed by atoms with van der Waals surface area (Å²) in [6.07, 6.45) is 0.221. The van der Waals surface area contributed by atoms with E-state index in [-0.39, 0.29) is 30.9 Å². The van der Waals surface area contributed by atoms with E-state index < -0.39 is 0 Å². The molecular weight excluding hydrogens is 370 g/mol. The molecule has 1 atom stereocenters. The van der Waals surface area contributed by atoms with E-state index in [9.17, 15) is 9.59 Å². The summed E-state index contributed by atoms with van der Waals surface area (Å²) in [5.74, 6) is 1.21. The molecule has 3 rings (SSSR count). The normalized spacial score (nSPS) is 14.2. The van der Waals surface area contributed by atoms with Crippen LogP contribution in [0.2, 0.25) is 0 Å². The Morgan fingerprint density at radius 3 is 2.79 bits per heavy atom. The number of methoxy groups -OCH3 is 1. The van der Waals surface area contributed by atoms with Crippen molar-refractivity contribution in [1.82, 2.24) is 10.2 Å². The molecule has 1 N–H and O–H groups in total. The molecule has 1 aliphatic rings. The van der Waals surface area contributed by atoms with Gasteiger partial charge in [-0.3, -0.25) is 9.59 Å². The quantitative estimate of drug-likeness (QED) is 0.740. The molecule has 0 saturated carbocycles. The lowest BCUT2D eigenvalue weighted by Crippen LogP contribution is -2.41. The number of carbonyl (C=O) groups is 2. The SMILES string of the molecule is COc1cccc([C@@H](CNC(=O)CCN2C(=O)COc3ccccc32)N(C)C)c1. The molecule has 2 aromatic rings. The molecule has 2 amide bonds. The summed E-state index contributed by atoms with van der Waals surface area (Å²) in [4.78, 5) is 28.4. The van der Waals surface area contributed by atoms with Gasteiger partial charge in [0.25, 0.3) is 5.91 Å². The highest BCUT2D eigenvalue weighted by Crippen LogP contribution is 2.31. The zero-order chi connectivity index (χ0) is 20.8. The van der Waals surface area contributed by atoms with Crippen molar-refractivity contribution >= 4 is 17.5 Å². The van der Waals surface area contributed by atoms with Gasteiger partial charge >= 0.3 is 0 Å². The number of nitrogens with one attached hydrogen (secondary N) is 1. The maximum atomic E-state index is 12.5. The van der Waals surface area contributed by atoms with E-state index in [4.69, 9.17) is 9.47 Å². The lowest BCUT2D eigenvalue weighted by molar-refractivity contribution is -0.122. The van der Waals surface area contributed by atoms with Crippen LogP contribution in [0.1, 0.15) is 18.0 Å². The van der Waals surface area contributed by atoms with Gasteiger partial charge in [-0.15, -0.1) is 0 Å². The van der Waals surface area contributed by atoms with Gasteiger partial charge in [0, 0.05) is 19.5 Å². The molecule has 0 aromatic heterocycles. The maximum absolute atomic E-state index is 12.5. The van der Waals surface area contributed by atoms with Crippen molar-refractivity contribution in [1.29, 1.82) is 0 Å². The number of nitrogens with zero attached hydrogens (tertiary/aromatic N) is 2. The van der Waals surface area contributed by atoms with E-state index in [2.05, 4.69) is 10.2 Å². The van der Waals surface area contributed by atoms with E-state index in [1.165, 1.54) is 0 Å². The minimum Gasteiger partial charge on any atom is -0.497 e. The average molecular weight is 397 g/mol. The van der Waals surface area contributed by atoms with Crippen LogP contribution in [-0.4, -0.2) is 57.6 Å². The fourth-order valence-corrected chi connectivity index (χ4v) is 3.36. The number of ether oxygens (including phenoxy) is 2. The third-order valence-corrected chi connectivity index (χ3v) is 4.97. The molecule has 0 fully saturated rings. The van der Waals surface area contributed by atoms with Crippen LogP contribution < -0.4 is 19.7 Å². The van der Waals surface area contributed by atoms with Gasteiger partial charge in [-0.25, -0.2) is 0 Å². The van der Waals surface area contributed by atoms with Gasteiger partial charge in [-0.1, -0.05) is 24.3 Å². The Balaban J connectivity index is 1.58. The zero-order valence-electron chi connectivity index (χ0n) is 17.1. The first-order chi connectivity index (χ1) is 14.0. The predicted octanol–water partition coefficient (Wildman–Crippen LogP) is 2.23. The number of fused-ring (bicyclic) bond motifs is 1. The molecule has 1 aliphatic heterocycles. The van der Waals surface area contributed by atoms with Crippen LogP contribution in [0.25, 0.3) is 0 Å². The molecule has 7 heteroatoms. The van der Waals surface area contributed by atoms with E-state index in [0.717, 1.165) is 11.3 Å². The largest absolute Gasteiger partial charge is 0.497 e. The zero-order valence-corrected chi connectivity index (χ0v) is 17.1. The number of carbonyl (C=O) groups excluding carboxylic acids is 2. The first kappa shape index (κ1) is 20.7. The number of benzene rings is 2. The lowest BCUT2D eigenvalue weighted by atomic mass is 10.1. The fourth-order valence-electron chi connectivity index (χ4n) is 3.36. The standard InChI is InChI=1S/C22H27N3O4/c1-24(2)19(16-7-6-8-17(13-16)28-3)14-23-21(26)11-12-25-18-9-4-5-10-20(18)29-15-22(25)27/h4-10,13,19H,11-12,14-15H2,1-3H3,(H,23,26)/t19-/m1/s1. The fraction of sp³-hybridized carbons (Fsp3) is 0.364. The van der Waals surface area contributed by atoms with Crippen molar-refractivity contribution in [2.75, 3.05) is 45.8 Å². The molecule has 0 aliphatic carbocycles. The van der Waals surface area contributed by atoms with Crippen molar-refractivity contribution in [3.63, 3.8) is 0 Å². The second-order valence-corrected chi connectivity index (χ2v) is 7.11. The number of hydrogen-bond donors (Lipinski definition) is 1. The summed E-state index contributed by atoms with van der Waals surface area (Å²) in [6, 6.07) is 15.2. The first-order valence-electron chi connectivity index (χ1n) is 9.59. The molecule has 0 bridgehead atoms. The van der Waals surface area contributed by atoms with Crippen LogP contribution in [0.3, 0.4) is 0 Å². The third-order valence-electron chi connectivity index (χ3n) is 4.97. The van der Waals surface area contributed by atoms with E-state index in [0.29, 0.717) is 24.5 Å². The molecule has 154 valence electrons. The number of rotatable bonds is 8. The molecule has 0 saturated heterocycles. The van der Waals surface area contributed by atoms with Crippen LogP contribution in [0.4, 0.5) is 5.69 Å². The van der Waals surface area contributed by atoms with Gasteiger partial charge in [0.15, 0.2) is 6.61 Å². The van der Waals surface area contributed by atoms with Gasteiger partial charge in [-0.2, -0.15) is 0 Å². The van der Waals surface area contributed by atoms with Crippen LogP contribution in [0.5, 0.6) is 11.5 Å². The van der Waals surface area contributed by atoms with Gasteiger partial charge in [0.2, 0.25) is 5.91 Å². The van der Waals surface area contributed by atoms with Gasteiger partial charge in [0.1, 0.15) is 11.5 Å². The highest BCUT2D eigenvalue weighted by molar-refractivity contribution is 5.98. The molecule has 0 unspecified atom stereocenters. The predicted molar refractivity (Wildman–Crippen MR) is 111 cm³/mol. The van der Waals surface area contributed by atoms with Gasteiger partial charge in [0.05, 0.1) is 18.8 Å². The smallest absolute Gasteiger partial charge is 0.265 e. The Kier molecular flexibility index (Phi) is 6.72. The lowest BCUT2D eigenvalue weighted by Gasteiger charge is -2.29. The highest BCUT2D eigenvalue weighted by Gasteiger charge is 2.25. The van der Waals surface area contributed by atoms with Crippen molar-refractivity contribution in [2.24, 2.45) is 0 Å². The van der Waals surface area contributed by atoms with Crippen molar-refractivity contribution in [2.45, 2.75) is 12.5 Å². The van der Waals surface area contributed by atoms with Crippen LogP contribution in [0, 0.1) is 0 Å². The summed E-state index contributed by atoms with van der Waals surface area (Å²) >= 11 is 0. The Hall–Kier alpha value is -3.06. The number of anilines is 1. The van der Waals surface area contributed by atoms with Gasteiger partial charge in [-0.05, 0) is 43.9 Å². The number of amides is 2. The average Bonchev–Trinajstić information content (AvgIpc) is 2.73. The second kappa shape index (κ2) is 9.43. The third kappa shape index (κ3) is 5.06.